The standard InChI is InChI=1S/2C5H9NO4.C5H6O5/c3*6-3(5(9)10)1-2-4(7)8/h2*3H,1-2,6H2,(H,7,8)(H,9,10);1-2H2,(H,7,8)(H,9,10)/t2*3-;/m00./s1. The quantitative estimate of drug-likeness (QED) is 0.153. The molecule has 0 aromatic heterocycles. The minimum absolute atomic E-state index is 0.0231. The van der Waals surface area contributed by atoms with Crippen LogP contribution in [0.1, 0.15) is 38.5 Å². The van der Waals surface area contributed by atoms with Crippen molar-refractivity contribution < 1.29 is 64.2 Å². The topological polar surface area (TPSA) is 293 Å². The van der Waals surface area contributed by atoms with E-state index in [4.69, 9.17) is 42.1 Å². The van der Waals surface area contributed by atoms with Crippen molar-refractivity contribution in [3.8, 4) is 0 Å². The zero-order valence-corrected chi connectivity index (χ0v) is 15.6. The van der Waals surface area contributed by atoms with Gasteiger partial charge in [0.2, 0.25) is 5.78 Å². The zero-order chi connectivity index (χ0) is 24.4. The van der Waals surface area contributed by atoms with Crippen LogP contribution in [0.3, 0.4) is 0 Å². The third kappa shape index (κ3) is 24.4. The minimum Gasteiger partial charge on any atom is -0.481 e. The van der Waals surface area contributed by atoms with Gasteiger partial charge in [0, 0.05) is 19.3 Å². The molecule has 2 atom stereocenters. The monoisotopic (exact) mass is 440 g/mol. The Balaban J connectivity index is -0.000000364. The first-order valence-electron chi connectivity index (χ1n) is 8.00. The van der Waals surface area contributed by atoms with E-state index >= 15 is 0 Å². The number of hydrogen-bond acceptors (Lipinski definition) is 9. The molecular formula is C15H24N2O13. The van der Waals surface area contributed by atoms with Gasteiger partial charge in [-0.05, 0) is 12.8 Å². The summed E-state index contributed by atoms with van der Waals surface area (Å²) in [5.74, 6) is -8.21. The van der Waals surface area contributed by atoms with Crippen LogP contribution in [0.2, 0.25) is 0 Å². The fourth-order valence-corrected chi connectivity index (χ4v) is 1.13. The highest BCUT2D eigenvalue weighted by atomic mass is 16.4. The Labute approximate surface area is 168 Å². The third-order valence-corrected chi connectivity index (χ3v) is 2.78. The Hall–Kier alpha value is -3.59. The molecule has 172 valence electrons. The maximum atomic E-state index is 10.2. The van der Waals surface area contributed by atoms with Gasteiger partial charge in [0.15, 0.2) is 0 Å². The molecule has 0 saturated heterocycles. The minimum atomic E-state index is -1.58. The molecule has 0 heterocycles. The summed E-state index contributed by atoms with van der Waals surface area (Å²) in [5, 5.41) is 48.5. The summed E-state index contributed by atoms with van der Waals surface area (Å²) in [4.78, 5) is 69.5. The predicted octanol–water partition coefficient (Wildman–Crippen LogP) is -1.97. The number of ketones is 1. The molecule has 0 radical (unpaired) electrons. The third-order valence-electron chi connectivity index (χ3n) is 2.78. The predicted molar refractivity (Wildman–Crippen MR) is 94.5 cm³/mol. The number of carbonyl (C=O) groups is 7. The Kier molecular flexibility index (Phi) is 18.2. The summed E-state index contributed by atoms with van der Waals surface area (Å²) in [7, 11) is 0. The normalized spacial score (nSPS) is 11.3. The molecule has 0 amide bonds. The molecular weight excluding hydrogens is 416 g/mol. The number of aliphatic carboxylic acids is 6. The molecule has 0 aromatic carbocycles. The van der Waals surface area contributed by atoms with Crippen LogP contribution in [0.4, 0.5) is 0 Å². The van der Waals surface area contributed by atoms with Gasteiger partial charge in [-0.15, -0.1) is 0 Å². The lowest BCUT2D eigenvalue weighted by atomic mass is 10.2. The first-order chi connectivity index (χ1) is 13.6. The Morgan fingerprint density at radius 1 is 0.533 bits per heavy atom. The van der Waals surface area contributed by atoms with Gasteiger partial charge in [0.05, 0.1) is 6.42 Å². The van der Waals surface area contributed by atoms with Crippen molar-refractivity contribution in [1.29, 1.82) is 0 Å². The van der Waals surface area contributed by atoms with E-state index in [0.29, 0.717) is 0 Å². The van der Waals surface area contributed by atoms with Crippen molar-refractivity contribution in [1.82, 2.24) is 0 Å². The van der Waals surface area contributed by atoms with Crippen molar-refractivity contribution in [3.63, 3.8) is 0 Å². The first kappa shape index (κ1) is 31.1. The molecule has 0 saturated carbocycles. The second-order valence-electron chi connectivity index (χ2n) is 5.38. The fraction of sp³-hybridized carbons (Fsp3) is 0.533. The summed E-state index contributed by atoms with van der Waals surface area (Å²) in [6, 6.07) is -2.12. The molecule has 0 unspecified atom stereocenters. The van der Waals surface area contributed by atoms with Crippen LogP contribution >= 0.6 is 0 Å². The fourth-order valence-electron chi connectivity index (χ4n) is 1.13. The molecule has 0 aliphatic rings. The summed E-state index contributed by atoms with van der Waals surface area (Å²) < 4.78 is 0. The molecule has 15 heteroatoms. The highest BCUT2D eigenvalue weighted by Crippen LogP contribution is 1.94. The number of carboxylic acids is 6. The van der Waals surface area contributed by atoms with E-state index in [1.807, 2.05) is 0 Å². The highest BCUT2D eigenvalue weighted by Gasteiger charge is 2.13. The molecule has 10 N–H and O–H groups in total. The first-order valence-corrected chi connectivity index (χ1v) is 8.00. The van der Waals surface area contributed by atoms with Crippen LogP contribution in [-0.2, 0) is 33.6 Å². The lowest BCUT2D eigenvalue weighted by Gasteiger charge is -2.01. The molecule has 0 rings (SSSR count). The average molecular weight is 440 g/mol. The van der Waals surface area contributed by atoms with Crippen LogP contribution < -0.4 is 11.5 Å². The van der Waals surface area contributed by atoms with Crippen molar-refractivity contribution in [2.75, 3.05) is 0 Å². The Bertz CT molecular complexity index is 598. The van der Waals surface area contributed by atoms with Crippen LogP contribution in [0, 0.1) is 0 Å². The maximum absolute atomic E-state index is 10.2. The number of nitrogens with two attached hydrogens (primary N) is 2. The molecule has 15 nitrogen and oxygen atoms in total. The second-order valence-corrected chi connectivity index (χ2v) is 5.38. The van der Waals surface area contributed by atoms with E-state index in [9.17, 15) is 33.6 Å². The Morgan fingerprint density at radius 3 is 1.03 bits per heavy atom. The SMILES string of the molecule is N[C@@H](CCC(=O)O)C(=O)O.N[C@@H](CCC(=O)O)C(=O)O.O=C(O)CCC(=O)C(=O)O. The highest BCUT2D eigenvalue weighted by molar-refractivity contribution is 6.32. The van der Waals surface area contributed by atoms with E-state index in [-0.39, 0.29) is 25.7 Å². The molecule has 0 bridgehead atoms. The number of carbonyl (C=O) groups excluding carboxylic acids is 1. The second kappa shape index (κ2) is 17.5. The molecule has 0 aromatic rings. The number of Topliss-reactive ketones (excluding diaryl/α,β-unsaturated/α-hetero) is 1. The molecule has 0 spiro atoms. The smallest absolute Gasteiger partial charge is 0.372 e. The van der Waals surface area contributed by atoms with Crippen molar-refractivity contribution >= 4 is 41.6 Å². The van der Waals surface area contributed by atoms with Crippen molar-refractivity contribution in [2.45, 2.75) is 50.6 Å². The van der Waals surface area contributed by atoms with E-state index < -0.39 is 66.5 Å². The van der Waals surface area contributed by atoms with Crippen molar-refractivity contribution in [3.05, 3.63) is 0 Å². The van der Waals surface area contributed by atoms with Crippen molar-refractivity contribution in [2.24, 2.45) is 11.5 Å². The maximum Gasteiger partial charge on any atom is 0.372 e. The Morgan fingerprint density at radius 2 is 0.833 bits per heavy atom. The van der Waals surface area contributed by atoms with Gasteiger partial charge in [0.25, 0.3) is 0 Å². The lowest BCUT2D eigenvalue weighted by Crippen LogP contribution is -2.30. The van der Waals surface area contributed by atoms with Crippen LogP contribution in [-0.4, -0.2) is 84.3 Å². The summed E-state index contributed by atoms with van der Waals surface area (Å²) in [5.41, 5.74) is 10.0. The van der Waals surface area contributed by atoms with E-state index in [1.54, 1.807) is 0 Å². The molecule has 0 aliphatic carbocycles. The molecule has 0 aliphatic heterocycles. The number of rotatable bonds is 12. The summed E-state index contributed by atoms with van der Waals surface area (Å²) in [6.07, 6.45) is -1.31. The average Bonchev–Trinajstić information content (AvgIpc) is 2.62. The van der Waals surface area contributed by atoms with Gasteiger partial charge in [-0.3, -0.25) is 28.8 Å². The van der Waals surface area contributed by atoms with E-state index in [1.165, 1.54) is 0 Å². The number of carboxylic acid groups (broad SMARTS) is 6. The largest absolute Gasteiger partial charge is 0.481 e. The van der Waals surface area contributed by atoms with Gasteiger partial charge in [-0.25, -0.2) is 4.79 Å². The van der Waals surface area contributed by atoms with Gasteiger partial charge in [-0.1, -0.05) is 0 Å². The van der Waals surface area contributed by atoms with Gasteiger partial charge < -0.3 is 42.1 Å². The van der Waals surface area contributed by atoms with E-state index in [2.05, 4.69) is 0 Å². The van der Waals surface area contributed by atoms with Gasteiger partial charge >= 0.3 is 35.8 Å². The van der Waals surface area contributed by atoms with Crippen LogP contribution in [0.15, 0.2) is 0 Å². The van der Waals surface area contributed by atoms with Gasteiger partial charge in [0.1, 0.15) is 12.1 Å². The summed E-state index contributed by atoms with van der Waals surface area (Å²) in [6.45, 7) is 0. The lowest BCUT2D eigenvalue weighted by molar-refractivity contribution is -0.150. The van der Waals surface area contributed by atoms with Crippen LogP contribution in [0.25, 0.3) is 0 Å². The summed E-state index contributed by atoms with van der Waals surface area (Å²) >= 11 is 0. The molecule has 0 fully saturated rings. The number of hydrogen-bond donors (Lipinski definition) is 8. The van der Waals surface area contributed by atoms with E-state index in [0.717, 1.165) is 0 Å². The van der Waals surface area contributed by atoms with Gasteiger partial charge in [-0.2, -0.15) is 0 Å². The molecule has 30 heavy (non-hydrogen) atoms. The zero-order valence-electron chi connectivity index (χ0n) is 15.6. The van der Waals surface area contributed by atoms with Crippen LogP contribution in [0.5, 0.6) is 0 Å².